The molecule has 1 aromatic heterocycles. The lowest BCUT2D eigenvalue weighted by Crippen LogP contribution is -2.06. The van der Waals surface area contributed by atoms with Gasteiger partial charge in [-0.05, 0) is 17.7 Å². The monoisotopic (exact) mass is 267 g/mol. The van der Waals surface area contributed by atoms with E-state index in [1.807, 2.05) is 0 Å². The Balaban J connectivity index is 2.03. The Bertz CT molecular complexity index is 599. The van der Waals surface area contributed by atoms with Gasteiger partial charge in [-0.1, -0.05) is 16.8 Å². The summed E-state index contributed by atoms with van der Waals surface area (Å²) in [6, 6.07) is 3.35. The molecule has 1 atom stereocenters. The van der Waals surface area contributed by atoms with Gasteiger partial charge in [-0.15, -0.1) is 5.10 Å². The second kappa shape index (κ2) is 4.15. The molecular weight excluding hydrogens is 258 g/mol. The van der Waals surface area contributed by atoms with E-state index in [1.54, 1.807) is 19.2 Å². The Morgan fingerprint density at radius 1 is 1.44 bits per heavy atom. The van der Waals surface area contributed by atoms with Crippen LogP contribution in [0.2, 0.25) is 5.02 Å². The lowest BCUT2D eigenvalue weighted by atomic mass is 10.1. The highest BCUT2D eigenvalue weighted by Crippen LogP contribution is 2.41. The first-order valence-electron chi connectivity index (χ1n) is 5.28. The summed E-state index contributed by atoms with van der Waals surface area (Å²) in [5.74, 6) is 1.04. The molecule has 0 spiro atoms. The summed E-state index contributed by atoms with van der Waals surface area (Å²) in [5, 5.41) is 18.2. The first-order chi connectivity index (χ1) is 8.66. The molecule has 1 N–H and O–H groups in total. The molecule has 2 aromatic rings. The maximum absolute atomic E-state index is 10.3. The number of ether oxygens (including phenoxy) is 2. The number of aliphatic hydroxyl groups is 1. The van der Waals surface area contributed by atoms with Gasteiger partial charge in [0, 0.05) is 7.05 Å². The van der Waals surface area contributed by atoms with Crippen molar-refractivity contribution in [3.8, 4) is 11.5 Å². The highest BCUT2D eigenvalue weighted by Gasteiger charge is 2.22. The average molecular weight is 268 g/mol. The molecule has 1 unspecified atom stereocenters. The Morgan fingerprint density at radius 3 is 3.00 bits per heavy atom. The fraction of sp³-hybridized carbons (Fsp3) is 0.273. The van der Waals surface area contributed by atoms with Gasteiger partial charge in [0.1, 0.15) is 6.10 Å². The van der Waals surface area contributed by atoms with Crippen molar-refractivity contribution in [3.05, 3.63) is 34.6 Å². The molecule has 94 valence electrons. The molecule has 7 heteroatoms. The van der Waals surface area contributed by atoms with E-state index in [-0.39, 0.29) is 6.79 Å². The van der Waals surface area contributed by atoms with Crippen molar-refractivity contribution >= 4 is 11.6 Å². The van der Waals surface area contributed by atoms with E-state index in [0.29, 0.717) is 27.8 Å². The van der Waals surface area contributed by atoms with Crippen LogP contribution in [0, 0.1) is 0 Å². The van der Waals surface area contributed by atoms with Crippen molar-refractivity contribution in [2.75, 3.05) is 6.79 Å². The van der Waals surface area contributed by atoms with Gasteiger partial charge in [-0.25, -0.2) is 4.68 Å². The van der Waals surface area contributed by atoms with Crippen LogP contribution in [0.1, 0.15) is 17.4 Å². The predicted octanol–water partition coefficient (Wildman–Crippen LogP) is 1.28. The first kappa shape index (κ1) is 11.3. The van der Waals surface area contributed by atoms with Crippen LogP contribution >= 0.6 is 11.6 Å². The lowest BCUT2D eigenvalue weighted by Gasteiger charge is -2.12. The summed E-state index contributed by atoms with van der Waals surface area (Å²) in [7, 11) is 1.71. The zero-order chi connectivity index (χ0) is 12.7. The standard InChI is InChI=1S/C11H10ClN3O3/c1-15-8(4-13-14-15)10(16)6-2-7(12)11-9(3-6)17-5-18-11/h2-4,10,16H,5H2,1H3. The first-order valence-corrected chi connectivity index (χ1v) is 5.66. The summed E-state index contributed by atoms with van der Waals surface area (Å²) < 4.78 is 12.0. The van der Waals surface area contributed by atoms with Gasteiger partial charge in [-0.3, -0.25) is 0 Å². The topological polar surface area (TPSA) is 69.4 Å². The van der Waals surface area contributed by atoms with Gasteiger partial charge in [0.05, 0.1) is 16.9 Å². The largest absolute Gasteiger partial charge is 0.454 e. The van der Waals surface area contributed by atoms with Crippen molar-refractivity contribution < 1.29 is 14.6 Å². The zero-order valence-electron chi connectivity index (χ0n) is 9.50. The molecule has 18 heavy (non-hydrogen) atoms. The fourth-order valence-electron chi connectivity index (χ4n) is 1.86. The van der Waals surface area contributed by atoms with E-state index in [0.717, 1.165) is 0 Å². The molecule has 1 aliphatic heterocycles. The molecule has 0 radical (unpaired) electrons. The quantitative estimate of drug-likeness (QED) is 0.888. The fourth-order valence-corrected chi connectivity index (χ4v) is 2.13. The number of hydrogen-bond donors (Lipinski definition) is 1. The molecule has 0 saturated heterocycles. The number of nitrogens with zero attached hydrogens (tertiary/aromatic N) is 3. The van der Waals surface area contributed by atoms with E-state index < -0.39 is 6.10 Å². The average Bonchev–Trinajstić information content (AvgIpc) is 2.96. The third-order valence-electron chi connectivity index (χ3n) is 2.79. The molecule has 1 aliphatic rings. The lowest BCUT2D eigenvalue weighted by molar-refractivity contribution is 0.173. The van der Waals surface area contributed by atoms with Gasteiger partial charge in [0.25, 0.3) is 0 Å². The van der Waals surface area contributed by atoms with Crippen LogP contribution in [0.25, 0.3) is 0 Å². The van der Waals surface area contributed by atoms with E-state index in [1.165, 1.54) is 10.9 Å². The molecular formula is C11H10ClN3O3. The second-order valence-electron chi connectivity index (χ2n) is 3.92. The number of halogens is 1. The number of fused-ring (bicyclic) bond motifs is 1. The molecule has 3 rings (SSSR count). The van der Waals surface area contributed by atoms with E-state index in [9.17, 15) is 5.11 Å². The van der Waals surface area contributed by atoms with E-state index in [4.69, 9.17) is 21.1 Å². The van der Waals surface area contributed by atoms with Gasteiger partial charge in [0.2, 0.25) is 6.79 Å². The molecule has 0 fully saturated rings. The van der Waals surface area contributed by atoms with Crippen LogP contribution in [0.15, 0.2) is 18.3 Å². The Kier molecular flexibility index (Phi) is 2.61. The Labute approximate surface area is 108 Å². The van der Waals surface area contributed by atoms with Crippen LogP contribution in [-0.2, 0) is 7.05 Å². The van der Waals surface area contributed by atoms with E-state index >= 15 is 0 Å². The van der Waals surface area contributed by atoms with Crippen molar-refractivity contribution in [3.63, 3.8) is 0 Å². The molecule has 0 aliphatic carbocycles. The number of hydrogen-bond acceptors (Lipinski definition) is 5. The second-order valence-corrected chi connectivity index (χ2v) is 4.33. The molecule has 0 bridgehead atoms. The minimum atomic E-state index is -0.864. The minimum Gasteiger partial charge on any atom is -0.454 e. The molecule has 2 heterocycles. The van der Waals surface area contributed by atoms with Crippen LogP contribution in [-0.4, -0.2) is 26.9 Å². The Hall–Kier alpha value is -1.79. The molecule has 1 aromatic carbocycles. The van der Waals surface area contributed by atoms with Crippen LogP contribution < -0.4 is 9.47 Å². The summed E-state index contributed by atoms with van der Waals surface area (Å²) in [4.78, 5) is 0. The van der Waals surface area contributed by atoms with Crippen molar-refractivity contribution in [1.29, 1.82) is 0 Å². The van der Waals surface area contributed by atoms with Crippen LogP contribution in [0.4, 0.5) is 0 Å². The van der Waals surface area contributed by atoms with Gasteiger partial charge in [-0.2, -0.15) is 0 Å². The highest BCUT2D eigenvalue weighted by atomic mass is 35.5. The minimum absolute atomic E-state index is 0.141. The van der Waals surface area contributed by atoms with Crippen molar-refractivity contribution in [2.45, 2.75) is 6.10 Å². The van der Waals surface area contributed by atoms with Gasteiger partial charge in [0.15, 0.2) is 11.5 Å². The number of aromatic nitrogens is 3. The molecule has 0 amide bonds. The number of benzene rings is 1. The van der Waals surface area contributed by atoms with Gasteiger partial charge >= 0.3 is 0 Å². The third-order valence-corrected chi connectivity index (χ3v) is 3.08. The third kappa shape index (κ3) is 1.70. The molecule has 0 saturated carbocycles. The summed E-state index contributed by atoms with van der Waals surface area (Å²) in [6.45, 7) is 0.141. The van der Waals surface area contributed by atoms with Crippen molar-refractivity contribution in [2.24, 2.45) is 7.05 Å². The van der Waals surface area contributed by atoms with Gasteiger partial charge < -0.3 is 14.6 Å². The number of aryl methyl sites for hydroxylation is 1. The smallest absolute Gasteiger partial charge is 0.231 e. The summed E-state index contributed by atoms with van der Waals surface area (Å²) in [5.41, 5.74) is 1.18. The van der Waals surface area contributed by atoms with Crippen molar-refractivity contribution in [1.82, 2.24) is 15.0 Å². The normalized spacial score (nSPS) is 14.8. The van der Waals surface area contributed by atoms with Crippen LogP contribution in [0.3, 0.4) is 0 Å². The predicted molar refractivity (Wildman–Crippen MR) is 62.6 cm³/mol. The van der Waals surface area contributed by atoms with E-state index in [2.05, 4.69) is 10.3 Å². The van der Waals surface area contributed by atoms with Crippen LogP contribution in [0.5, 0.6) is 11.5 Å². The summed E-state index contributed by atoms with van der Waals surface area (Å²) in [6.07, 6.45) is 0.639. The number of rotatable bonds is 2. The molecule has 6 nitrogen and oxygen atoms in total. The zero-order valence-corrected chi connectivity index (χ0v) is 10.3. The number of aliphatic hydroxyl groups excluding tert-OH is 1. The maximum atomic E-state index is 10.3. The Morgan fingerprint density at radius 2 is 2.28 bits per heavy atom. The summed E-state index contributed by atoms with van der Waals surface area (Å²) >= 11 is 6.07. The highest BCUT2D eigenvalue weighted by molar-refractivity contribution is 6.32. The maximum Gasteiger partial charge on any atom is 0.231 e. The SMILES string of the molecule is Cn1nncc1C(O)c1cc(Cl)c2c(c1)OCO2.